The highest BCUT2D eigenvalue weighted by atomic mass is 31.2. The SMILES string of the molecule is CC(C)C(=O)CCC(=O)NCCCC(O)(P(C)(=O)O)P(=O)(O)O.CC(C)C(=O)CCC(=O)NCCCC(O)(P(C)(=O)O)P(=O)(O)O.CC(C)C(=O)[C@@H](N)CC(=O)NCCCC(O)(P(C)(=O)O)P(=O)(O)O. The van der Waals surface area contributed by atoms with Crippen LogP contribution in [0.1, 0.15) is 112 Å². The molecule has 0 aliphatic heterocycles. The molecule has 0 aromatic carbocycles. The Hall–Kier alpha value is -1.72. The summed E-state index contributed by atoms with van der Waals surface area (Å²) in [7, 11) is -29.2. The number of nitrogens with two attached hydrogens (primary N) is 1. The van der Waals surface area contributed by atoms with Gasteiger partial charge in [-0.15, -0.1) is 0 Å². The molecular formula is C36H76N4O24P6. The number of carbonyl (C=O) groups excluding carboxylic acids is 6. The molecule has 17 N–H and O–H groups in total. The lowest BCUT2D eigenvalue weighted by molar-refractivity contribution is -0.128. The molecule has 0 rings (SSSR count). The smallest absolute Gasteiger partial charge is 0.366 e. The van der Waals surface area contributed by atoms with Crippen LogP contribution in [0.25, 0.3) is 0 Å². The van der Waals surface area contributed by atoms with Gasteiger partial charge in [-0.2, -0.15) is 0 Å². The summed E-state index contributed by atoms with van der Waals surface area (Å²) in [5.41, 5.74) is 5.58. The molecule has 0 radical (unpaired) electrons. The van der Waals surface area contributed by atoms with Gasteiger partial charge in [-0.05, 0) is 38.5 Å². The molecule has 0 saturated heterocycles. The number of hydrogen-bond donors (Lipinski definition) is 16. The molecule has 0 aromatic heterocycles. The van der Waals surface area contributed by atoms with Gasteiger partial charge in [-0.25, -0.2) is 0 Å². The Kier molecular flexibility index (Phi) is 31.1. The maximum atomic E-state index is 11.6. The van der Waals surface area contributed by atoms with Gasteiger partial charge in [0.15, 0.2) is 5.78 Å². The van der Waals surface area contributed by atoms with Crippen LogP contribution >= 0.6 is 44.9 Å². The molecule has 7 atom stereocenters. The van der Waals surface area contributed by atoms with Crippen LogP contribution in [-0.2, 0) is 56.2 Å². The Bertz CT molecular complexity index is 1890. The normalized spacial score (nSPS) is 17.8. The summed E-state index contributed by atoms with van der Waals surface area (Å²) in [6.45, 7) is 12.0. The quantitative estimate of drug-likeness (QED) is 0.0349. The van der Waals surface area contributed by atoms with Crippen LogP contribution in [0.2, 0.25) is 0 Å². The summed E-state index contributed by atoms with van der Waals surface area (Å²) in [6.07, 6.45) is -2.41. The van der Waals surface area contributed by atoms with Crippen molar-refractivity contribution in [3.8, 4) is 0 Å². The summed E-state index contributed by atoms with van der Waals surface area (Å²) >= 11 is 0. The minimum Gasteiger partial charge on any atom is -0.369 e. The predicted molar refractivity (Wildman–Crippen MR) is 256 cm³/mol. The summed E-state index contributed by atoms with van der Waals surface area (Å²) in [6, 6.07) is -0.953. The average Bonchev–Trinajstić information content (AvgIpc) is 3.17. The third-order valence-electron chi connectivity index (χ3n) is 10.3. The first-order chi connectivity index (χ1) is 31.1. The zero-order valence-corrected chi connectivity index (χ0v) is 46.1. The highest BCUT2D eigenvalue weighted by Crippen LogP contribution is 2.71. The Labute approximate surface area is 407 Å². The fourth-order valence-electron chi connectivity index (χ4n) is 5.47. The van der Waals surface area contributed by atoms with Crippen LogP contribution < -0.4 is 21.7 Å². The van der Waals surface area contributed by atoms with Crippen LogP contribution in [0.3, 0.4) is 0 Å². The highest BCUT2D eigenvalue weighted by molar-refractivity contribution is 7.75. The van der Waals surface area contributed by atoms with Gasteiger partial charge in [-0.1, -0.05) is 41.5 Å². The van der Waals surface area contributed by atoms with Crippen LogP contribution in [0.5, 0.6) is 0 Å². The fourth-order valence-corrected chi connectivity index (χ4v) is 14.3. The van der Waals surface area contributed by atoms with E-state index in [0.717, 1.165) is 0 Å². The van der Waals surface area contributed by atoms with E-state index in [1.165, 1.54) is 0 Å². The first-order valence-corrected chi connectivity index (χ1v) is 32.6. The van der Waals surface area contributed by atoms with E-state index >= 15 is 0 Å². The molecule has 0 aromatic rings. The molecular weight excluding hydrogens is 1060 g/mol. The Morgan fingerprint density at radius 2 is 0.686 bits per heavy atom. The van der Waals surface area contributed by atoms with E-state index in [0.29, 0.717) is 20.0 Å². The lowest BCUT2D eigenvalue weighted by Crippen LogP contribution is -2.39. The highest BCUT2D eigenvalue weighted by Gasteiger charge is 2.58. The zero-order chi connectivity index (χ0) is 56.3. The van der Waals surface area contributed by atoms with Crippen LogP contribution in [0.4, 0.5) is 0 Å². The van der Waals surface area contributed by atoms with Crippen molar-refractivity contribution >= 4 is 80.0 Å². The molecule has 0 aliphatic rings. The summed E-state index contributed by atoms with van der Waals surface area (Å²) in [5, 5.41) is 27.7. The average molecular weight is 1130 g/mol. The van der Waals surface area contributed by atoms with Crippen molar-refractivity contribution < 1.29 is 116 Å². The molecule has 6 unspecified atom stereocenters. The van der Waals surface area contributed by atoms with Crippen molar-refractivity contribution in [1.82, 2.24) is 16.0 Å². The van der Waals surface area contributed by atoms with E-state index in [4.69, 9.17) is 35.1 Å². The molecule has 0 heterocycles. The number of ketones is 3. The van der Waals surface area contributed by atoms with Crippen LogP contribution in [0, 0.1) is 17.8 Å². The molecule has 34 heteroatoms. The Morgan fingerprint density at radius 1 is 0.443 bits per heavy atom. The molecule has 70 heavy (non-hydrogen) atoms. The number of carbonyl (C=O) groups is 6. The second-order valence-electron chi connectivity index (χ2n) is 17.6. The fraction of sp³-hybridized carbons (Fsp3) is 0.833. The standard InChI is InChI=1S/C12H26N2O8P2.2C12H25NO8P2/c1-8(2)11(16)9(13)7-10(15)14-6-4-5-12(17,23(3,18)19)24(20,21)22;2*1-9(2)10(14)5-6-11(15)13-8-4-7-12(16,22(3,17)18)23(19,20)21/h8-9,17H,4-7,13H2,1-3H3,(H,14,15)(H,18,19)(H2,20,21,22);2*9,16H,4-8H2,1-3H3,(H,13,15)(H,17,18)(H2,19,20,21)/t9-,12?;;/m0../s1. The summed E-state index contributed by atoms with van der Waals surface area (Å²) < 4.78 is 68.4. The van der Waals surface area contributed by atoms with E-state index in [1.807, 2.05) is 0 Å². The third kappa shape index (κ3) is 25.0. The predicted octanol–water partition coefficient (Wildman–Crippen LogP) is 0.774. The minimum absolute atomic E-state index is 0.00789. The molecule has 0 aliphatic carbocycles. The van der Waals surface area contributed by atoms with Gasteiger partial charge >= 0.3 is 22.8 Å². The number of nitrogens with one attached hydrogen (secondary N) is 3. The number of Topliss-reactive ketones (excluding diaryl/α,β-unsaturated/α-hetero) is 3. The van der Waals surface area contributed by atoms with E-state index < -0.39 is 103 Å². The van der Waals surface area contributed by atoms with E-state index in [-0.39, 0.29) is 106 Å². The summed E-state index contributed by atoms with van der Waals surface area (Å²) in [4.78, 5) is 152. The van der Waals surface area contributed by atoms with Gasteiger partial charge in [0.05, 0.1) is 6.04 Å². The number of amides is 3. The second kappa shape index (κ2) is 30.0. The number of aliphatic hydroxyl groups is 3. The molecule has 0 fully saturated rings. The monoisotopic (exact) mass is 1130 g/mol. The van der Waals surface area contributed by atoms with Crippen molar-refractivity contribution in [3.05, 3.63) is 0 Å². The van der Waals surface area contributed by atoms with Gasteiger partial charge in [0.25, 0.3) is 0 Å². The van der Waals surface area contributed by atoms with Gasteiger partial charge in [0, 0.05) is 89.5 Å². The molecule has 0 spiro atoms. The van der Waals surface area contributed by atoms with Crippen LogP contribution in [0.15, 0.2) is 0 Å². The largest absolute Gasteiger partial charge is 0.369 e. The van der Waals surface area contributed by atoms with Crippen molar-refractivity contribution in [2.75, 3.05) is 39.6 Å². The Morgan fingerprint density at radius 3 is 0.886 bits per heavy atom. The third-order valence-corrected chi connectivity index (χ3v) is 24.1. The summed E-state index contributed by atoms with van der Waals surface area (Å²) in [5.74, 6) is -2.38. The van der Waals surface area contributed by atoms with Gasteiger partial charge in [-0.3, -0.25) is 56.2 Å². The molecule has 0 saturated carbocycles. The van der Waals surface area contributed by atoms with Gasteiger partial charge in [0.2, 0.25) is 55.1 Å². The second-order valence-corrected chi connectivity index (χ2v) is 31.6. The van der Waals surface area contributed by atoms with E-state index in [2.05, 4.69) is 16.0 Å². The van der Waals surface area contributed by atoms with Gasteiger partial charge in [0.1, 0.15) is 11.6 Å². The maximum Gasteiger partial charge on any atom is 0.366 e. The molecule has 3 amide bonds. The van der Waals surface area contributed by atoms with E-state index in [9.17, 15) is 86.2 Å². The van der Waals surface area contributed by atoms with Crippen LogP contribution in [-0.4, -0.2) is 155 Å². The minimum atomic E-state index is -5.25. The number of hydrogen-bond acceptors (Lipinski definition) is 16. The van der Waals surface area contributed by atoms with Crippen molar-refractivity contribution in [2.24, 2.45) is 23.5 Å². The Balaban J connectivity index is -0.000000962. The van der Waals surface area contributed by atoms with E-state index in [1.54, 1.807) is 41.5 Å². The lowest BCUT2D eigenvalue weighted by atomic mass is 10.00. The molecule has 414 valence electrons. The first-order valence-electron chi connectivity index (χ1n) is 21.5. The lowest BCUT2D eigenvalue weighted by Gasteiger charge is -2.30. The zero-order valence-electron chi connectivity index (χ0n) is 40.7. The first kappa shape index (κ1) is 72.5. The van der Waals surface area contributed by atoms with Crippen molar-refractivity contribution in [3.63, 3.8) is 0 Å². The van der Waals surface area contributed by atoms with Gasteiger partial charge < -0.3 is 81.0 Å². The molecule has 28 nitrogen and oxygen atoms in total. The number of rotatable bonds is 30. The molecule has 0 bridgehead atoms. The van der Waals surface area contributed by atoms with Crippen molar-refractivity contribution in [1.29, 1.82) is 0 Å². The topological polar surface area (TPSA) is 510 Å². The van der Waals surface area contributed by atoms with Crippen molar-refractivity contribution in [2.45, 2.75) is 133 Å². The maximum absolute atomic E-state index is 11.6.